The molecule has 0 spiro atoms. The standard InChI is InChI=1S/C11H7ClIN3S/c12-11-16-6-8(17-11)5-15-10-2-1-7(4-14)3-9(10)13/h1-3,6,15H,5H2. The second-order valence-electron chi connectivity index (χ2n) is 3.24. The summed E-state index contributed by atoms with van der Waals surface area (Å²) in [6.07, 6.45) is 1.76. The maximum atomic E-state index is 8.77. The van der Waals surface area contributed by atoms with E-state index in [4.69, 9.17) is 16.9 Å². The maximum Gasteiger partial charge on any atom is 0.183 e. The van der Waals surface area contributed by atoms with E-state index in [1.54, 1.807) is 12.3 Å². The third kappa shape index (κ3) is 3.31. The largest absolute Gasteiger partial charge is 0.379 e. The van der Waals surface area contributed by atoms with Crippen molar-refractivity contribution in [2.45, 2.75) is 6.54 Å². The van der Waals surface area contributed by atoms with Crippen LogP contribution < -0.4 is 5.32 Å². The van der Waals surface area contributed by atoms with E-state index in [9.17, 15) is 0 Å². The first-order valence-corrected chi connectivity index (χ1v) is 7.00. The molecule has 0 atom stereocenters. The van der Waals surface area contributed by atoms with Gasteiger partial charge in [0.1, 0.15) is 0 Å². The van der Waals surface area contributed by atoms with Crippen LogP contribution in [-0.4, -0.2) is 4.98 Å². The maximum absolute atomic E-state index is 8.77. The Bertz CT molecular complexity index is 576. The van der Waals surface area contributed by atoms with Gasteiger partial charge in [0.2, 0.25) is 0 Å². The van der Waals surface area contributed by atoms with Gasteiger partial charge >= 0.3 is 0 Å². The Hall–Kier alpha value is -0.840. The van der Waals surface area contributed by atoms with Crippen molar-refractivity contribution in [3.63, 3.8) is 0 Å². The first kappa shape index (κ1) is 12.6. The van der Waals surface area contributed by atoms with E-state index in [-0.39, 0.29) is 0 Å². The van der Waals surface area contributed by atoms with Crippen LogP contribution in [-0.2, 0) is 6.54 Å². The molecule has 86 valence electrons. The number of anilines is 1. The van der Waals surface area contributed by atoms with Crippen molar-refractivity contribution in [1.82, 2.24) is 4.98 Å². The summed E-state index contributed by atoms with van der Waals surface area (Å²) in [5.74, 6) is 0. The van der Waals surface area contributed by atoms with Crippen LogP contribution in [0.4, 0.5) is 5.69 Å². The molecule has 2 aromatic rings. The normalized spacial score (nSPS) is 9.94. The van der Waals surface area contributed by atoms with Crippen LogP contribution >= 0.6 is 45.5 Å². The molecular weight excluding hydrogens is 369 g/mol. The van der Waals surface area contributed by atoms with E-state index >= 15 is 0 Å². The number of nitriles is 1. The molecule has 0 aliphatic heterocycles. The molecular formula is C11H7ClIN3S. The zero-order chi connectivity index (χ0) is 12.3. The average molecular weight is 376 g/mol. The Morgan fingerprint density at radius 1 is 1.53 bits per heavy atom. The molecule has 2 rings (SSSR count). The molecule has 0 radical (unpaired) electrons. The van der Waals surface area contributed by atoms with Gasteiger partial charge in [-0.05, 0) is 40.8 Å². The highest BCUT2D eigenvalue weighted by Gasteiger charge is 2.03. The summed E-state index contributed by atoms with van der Waals surface area (Å²) in [7, 11) is 0. The molecule has 17 heavy (non-hydrogen) atoms. The number of benzene rings is 1. The third-order valence-corrected chi connectivity index (χ3v) is 4.08. The fourth-order valence-corrected chi connectivity index (χ4v) is 2.90. The molecule has 1 heterocycles. The monoisotopic (exact) mass is 375 g/mol. The minimum absolute atomic E-state index is 0.552. The van der Waals surface area contributed by atoms with Crippen LogP contribution in [0.5, 0.6) is 0 Å². The summed E-state index contributed by atoms with van der Waals surface area (Å²) >= 11 is 9.42. The fraction of sp³-hybridized carbons (Fsp3) is 0.0909. The SMILES string of the molecule is N#Cc1ccc(NCc2cnc(Cl)s2)c(I)c1. The summed E-state index contributed by atoms with van der Waals surface area (Å²) in [6, 6.07) is 7.67. The van der Waals surface area contributed by atoms with E-state index in [1.807, 2.05) is 12.1 Å². The molecule has 0 saturated carbocycles. The highest BCUT2D eigenvalue weighted by molar-refractivity contribution is 14.1. The Morgan fingerprint density at radius 3 is 2.94 bits per heavy atom. The summed E-state index contributed by atoms with van der Waals surface area (Å²) in [4.78, 5) is 5.06. The second-order valence-corrected chi connectivity index (χ2v) is 6.10. The summed E-state index contributed by atoms with van der Waals surface area (Å²) < 4.78 is 1.58. The van der Waals surface area contributed by atoms with Gasteiger partial charge in [-0.2, -0.15) is 5.26 Å². The zero-order valence-electron chi connectivity index (χ0n) is 8.58. The van der Waals surface area contributed by atoms with Crippen molar-refractivity contribution in [3.05, 3.63) is 42.9 Å². The topological polar surface area (TPSA) is 48.7 Å². The van der Waals surface area contributed by atoms with E-state index in [2.05, 4.69) is 39.0 Å². The fourth-order valence-electron chi connectivity index (χ4n) is 1.28. The molecule has 0 aliphatic rings. The lowest BCUT2D eigenvalue weighted by atomic mass is 10.2. The van der Waals surface area contributed by atoms with Crippen molar-refractivity contribution >= 4 is 51.2 Å². The van der Waals surface area contributed by atoms with E-state index < -0.39 is 0 Å². The number of hydrogen-bond acceptors (Lipinski definition) is 4. The van der Waals surface area contributed by atoms with Crippen LogP contribution in [0.3, 0.4) is 0 Å². The molecule has 6 heteroatoms. The molecule has 0 amide bonds. The Kier molecular flexibility index (Phi) is 4.20. The lowest BCUT2D eigenvalue weighted by Crippen LogP contribution is -1.99. The van der Waals surface area contributed by atoms with E-state index in [1.165, 1.54) is 11.3 Å². The minimum Gasteiger partial charge on any atom is -0.379 e. The van der Waals surface area contributed by atoms with Crippen LogP contribution in [0.2, 0.25) is 4.47 Å². The number of hydrogen-bond donors (Lipinski definition) is 1. The van der Waals surface area contributed by atoms with Gasteiger partial charge in [0.25, 0.3) is 0 Å². The van der Waals surface area contributed by atoms with Crippen molar-refractivity contribution in [1.29, 1.82) is 5.26 Å². The van der Waals surface area contributed by atoms with Crippen molar-refractivity contribution in [2.24, 2.45) is 0 Å². The number of rotatable bonds is 3. The molecule has 0 saturated heterocycles. The third-order valence-electron chi connectivity index (χ3n) is 2.08. The van der Waals surface area contributed by atoms with Crippen molar-refractivity contribution in [3.8, 4) is 6.07 Å². The highest BCUT2D eigenvalue weighted by atomic mass is 127. The number of nitrogens with zero attached hydrogens (tertiary/aromatic N) is 2. The Morgan fingerprint density at radius 2 is 2.35 bits per heavy atom. The average Bonchev–Trinajstić information content (AvgIpc) is 2.73. The van der Waals surface area contributed by atoms with Gasteiger partial charge in [0, 0.05) is 20.3 Å². The molecule has 1 N–H and O–H groups in total. The highest BCUT2D eigenvalue weighted by Crippen LogP contribution is 2.22. The van der Waals surface area contributed by atoms with Crippen LogP contribution in [0.25, 0.3) is 0 Å². The van der Waals surface area contributed by atoms with Crippen molar-refractivity contribution in [2.75, 3.05) is 5.32 Å². The predicted molar refractivity (Wildman–Crippen MR) is 78.3 cm³/mol. The molecule has 0 aliphatic carbocycles. The van der Waals surface area contributed by atoms with Gasteiger partial charge < -0.3 is 5.32 Å². The first-order chi connectivity index (χ1) is 8.19. The first-order valence-electron chi connectivity index (χ1n) is 4.73. The van der Waals surface area contributed by atoms with Gasteiger partial charge in [-0.15, -0.1) is 11.3 Å². The van der Waals surface area contributed by atoms with E-state index in [0.29, 0.717) is 16.6 Å². The molecule has 0 bridgehead atoms. The van der Waals surface area contributed by atoms with Gasteiger partial charge in [-0.25, -0.2) is 4.98 Å². The molecule has 3 nitrogen and oxygen atoms in total. The number of nitrogens with one attached hydrogen (secondary N) is 1. The predicted octanol–water partition coefficient (Wildman–Crippen LogP) is 3.88. The molecule has 1 aromatic carbocycles. The molecule has 0 unspecified atom stereocenters. The van der Waals surface area contributed by atoms with Gasteiger partial charge in [0.15, 0.2) is 4.47 Å². The zero-order valence-corrected chi connectivity index (χ0v) is 12.3. The summed E-state index contributed by atoms with van der Waals surface area (Å²) in [5, 5.41) is 12.1. The lowest BCUT2D eigenvalue weighted by molar-refractivity contribution is 1.17. The molecule has 1 aromatic heterocycles. The van der Waals surface area contributed by atoms with Gasteiger partial charge in [0.05, 0.1) is 18.2 Å². The minimum atomic E-state index is 0.552. The number of thiazole rings is 1. The van der Waals surface area contributed by atoms with Crippen LogP contribution in [0.1, 0.15) is 10.4 Å². The Balaban J connectivity index is 2.07. The Labute approximate surface area is 122 Å². The van der Waals surface area contributed by atoms with E-state index in [0.717, 1.165) is 14.1 Å². The molecule has 0 fully saturated rings. The smallest absolute Gasteiger partial charge is 0.183 e. The van der Waals surface area contributed by atoms with Crippen molar-refractivity contribution < 1.29 is 0 Å². The summed E-state index contributed by atoms with van der Waals surface area (Å²) in [6.45, 7) is 0.687. The van der Waals surface area contributed by atoms with Crippen LogP contribution in [0, 0.1) is 14.9 Å². The summed E-state index contributed by atoms with van der Waals surface area (Å²) in [5.41, 5.74) is 1.68. The lowest BCUT2D eigenvalue weighted by Gasteiger charge is -2.07. The van der Waals surface area contributed by atoms with Crippen LogP contribution in [0.15, 0.2) is 24.4 Å². The van der Waals surface area contributed by atoms with Gasteiger partial charge in [-0.1, -0.05) is 11.6 Å². The number of aromatic nitrogens is 1. The second kappa shape index (κ2) is 5.67. The number of halogens is 2. The quantitative estimate of drug-likeness (QED) is 0.828. The van der Waals surface area contributed by atoms with Gasteiger partial charge in [-0.3, -0.25) is 0 Å².